The number of hydrogen-bond acceptors (Lipinski definition) is 5. The Morgan fingerprint density at radius 1 is 1.11 bits per heavy atom. The molecule has 148 valence electrons. The fourth-order valence-electron chi connectivity index (χ4n) is 4.08. The van der Waals surface area contributed by atoms with Crippen LogP contribution in [-0.2, 0) is 4.79 Å². The molecular weight excluding hydrogens is 396 g/mol. The van der Waals surface area contributed by atoms with Crippen molar-refractivity contribution in [2.45, 2.75) is 51.0 Å². The first kappa shape index (κ1) is 19.3. The maximum Gasteiger partial charge on any atom is 0.286 e. The summed E-state index contributed by atoms with van der Waals surface area (Å²) in [4.78, 5) is 27.4. The van der Waals surface area contributed by atoms with Crippen LogP contribution in [0.3, 0.4) is 0 Å². The van der Waals surface area contributed by atoms with E-state index in [4.69, 9.17) is 11.6 Å². The van der Waals surface area contributed by atoms with Gasteiger partial charge in [-0.2, -0.15) is 0 Å². The largest absolute Gasteiger partial charge is 0.333 e. The van der Waals surface area contributed by atoms with E-state index < -0.39 is 0 Å². The van der Waals surface area contributed by atoms with Crippen LogP contribution in [0.1, 0.15) is 65.8 Å². The fourth-order valence-corrected chi connectivity index (χ4v) is 5.16. The average molecular weight is 419 g/mol. The zero-order chi connectivity index (χ0) is 19.5. The molecule has 1 saturated heterocycles. The Kier molecular flexibility index (Phi) is 5.92. The molecule has 1 saturated carbocycles. The lowest BCUT2D eigenvalue weighted by Crippen LogP contribution is -2.36. The Bertz CT molecular complexity index is 865. The molecule has 1 atom stereocenters. The molecular formula is C20H23ClN4O2S. The maximum absolute atomic E-state index is 13.0. The van der Waals surface area contributed by atoms with Gasteiger partial charge in [0.2, 0.25) is 10.9 Å². The summed E-state index contributed by atoms with van der Waals surface area (Å²) < 4.78 is 0. The van der Waals surface area contributed by atoms with Gasteiger partial charge in [0.25, 0.3) is 5.91 Å². The van der Waals surface area contributed by atoms with Gasteiger partial charge in [0, 0.05) is 23.2 Å². The van der Waals surface area contributed by atoms with Crippen molar-refractivity contribution >= 4 is 40.4 Å². The third-order valence-corrected chi connectivity index (χ3v) is 6.75. The molecule has 2 aromatic rings. The zero-order valence-electron chi connectivity index (χ0n) is 15.6. The highest BCUT2D eigenvalue weighted by atomic mass is 35.5. The summed E-state index contributed by atoms with van der Waals surface area (Å²) in [6.07, 6.45) is 7.34. The molecule has 8 heteroatoms. The van der Waals surface area contributed by atoms with E-state index in [1.807, 2.05) is 4.90 Å². The SMILES string of the molecule is O=C(Nc1cccc(Cl)c1)c1nnc([C@H]2CCCN2C(=O)C2CCCCC2)s1. The van der Waals surface area contributed by atoms with Crippen LogP contribution in [0.5, 0.6) is 0 Å². The summed E-state index contributed by atoms with van der Waals surface area (Å²) in [6, 6.07) is 6.92. The highest BCUT2D eigenvalue weighted by Gasteiger charge is 2.36. The van der Waals surface area contributed by atoms with Crippen molar-refractivity contribution < 1.29 is 9.59 Å². The summed E-state index contributed by atoms with van der Waals surface area (Å²) in [5.74, 6) is 0.0874. The third-order valence-electron chi connectivity index (χ3n) is 5.49. The van der Waals surface area contributed by atoms with Crippen molar-refractivity contribution in [3.8, 4) is 0 Å². The highest BCUT2D eigenvalue weighted by molar-refractivity contribution is 7.13. The second kappa shape index (κ2) is 8.57. The summed E-state index contributed by atoms with van der Waals surface area (Å²) in [5, 5.41) is 12.7. The van der Waals surface area contributed by atoms with E-state index in [-0.39, 0.29) is 23.8 Å². The van der Waals surface area contributed by atoms with Gasteiger partial charge in [-0.05, 0) is 43.9 Å². The van der Waals surface area contributed by atoms with Crippen molar-refractivity contribution in [1.82, 2.24) is 15.1 Å². The topological polar surface area (TPSA) is 75.2 Å². The fraction of sp³-hybridized carbons (Fsp3) is 0.500. The number of rotatable bonds is 4. The minimum atomic E-state index is -0.311. The van der Waals surface area contributed by atoms with Crippen molar-refractivity contribution in [3.05, 3.63) is 39.3 Å². The monoisotopic (exact) mass is 418 g/mol. The Morgan fingerprint density at radius 2 is 1.93 bits per heavy atom. The van der Waals surface area contributed by atoms with Gasteiger partial charge in [0.1, 0.15) is 5.01 Å². The van der Waals surface area contributed by atoms with E-state index in [9.17, 15) is 9.59 Å². The van der Waals surface area contributed by atoms with Crippen LogP contribution in [0.25, 0.3) is 0 Å². The van der Waals surface area contributed by atoms with Gasteiger partial charge in [0.05, 0.1) is 6.04 Å². The molecule has 0 unspecified atom stereocenters. The Balaban J connectivity index is 1.45. The first-order valence-corrected chi connectivity index (χ1v) is 11.0. The van der Waals surface area contributed by atoms with Gasteiger partial charge in [0.15, 0.2) is 0 Å². The van der Waals surface area contributed by atoms with E-state index in [0.29, 0.717) is 15.7 Å². The molecule has 1 aliphatic heterocycles. The zero-order valence-corrected chi connectivity index (χ0v) is 17.1. The number of aromatic nitrogens is 2. The first-order chi connectivity index (χ1) is 13.6. The minimum absolute atomic E-state index is 0.0559. The Morgan fingerprint density at radius 3 is 2.71 bits per heavy atom. The molecule has 2 heterocycles. The molecule has 6 nitrogen and oxygen atoms in total. The average Bonchev–Trinajstić information content (AvgIpc) is 3.37. The van der Waals surface area contributed by atoms with Crippen LogP contribution in [0.2, 0.25) is 5.02 Å². The molecule has 0 bridgehead atoms. The number of anilines is 1. The molecule has 1 aromatic carbocycles. The number of benzene rings is 1. The van der Waals surface area contributed by atoms with E-state index in [1.54, 1.807) is 24.3 Å². The Hall–Kier alpha value is -1.99. The van der Waals surface area contributed by atoms with Crippen LogP contribution in [0.4, 0.5) is 5.69 Å². The molecule has 2 amide bonds. The molecule has 1 aliphatic carbocycles. The van der Waals surface area contributed by atoms with Gasteiger partial charge in [-0.3, -0.25) is 9.59 Å². The number of nitrogens with one attached hydrogen (secondary N) is 1. The number of hydrogen-bond donors (Lipinski definition) is 1. The normalized spacial score (nSPS) is 20.3. The summed E-state index contributed by atoms with van der Waals surface area (Å²) >= 11 is 7.23. The number of halogens is 1. The van der Waals surface area contributed by atoms with Crippen LogP contribution in [0.15, 0.2) is 24.3 Å². The highest BCUT2D eigenvalue weighted by Crippen LogP contribution is 2.37. The lowest BCUT2D eigenvalue weighted by atomic mass is 9.88. The van der Waals surface area contributed by atoms with Crippen LogP contribution < -0.4 is 5.32 Å². The molecule has 28 heavy (non-hydrogen) atoms. The number of carbonyl (C=O) groups excluding carboxylic acids is 2. The van der Waals surface area contributed by atoms with Crippen molar-refractivity contribution in [2.75, 3.05) is 11.9 Å². The molecule has 2 aliphatic rings. The summed E-state index contributed by atoms with van der Waals surface area (Å²) in [7, 11) is 0. The summed E-state index contributed by atoms with van der Waals surface area (Å²) in [6.45, 7) is 0.767. The number of amides is 2. The standard InChI is InChI=1S/C20H23ClN4O2S/c21-14-8-4-9-15(12-14)22-17(26)19-24-23-18(28-19)16-10-5-11-25(16)20(27)13-6-2-1-3-7-13/h4,8-9,12-13,16H,1-3,5-7,10-11H2,(H,22,26)/t16-/m1/s1. The number of nitrogens with zero attached hydrogens (tertiary/aromatic N) is 3. The predicted molar refractivity (Wildman–Crippen MR) is 110 cm³/mol. The van der Waals surface area contributed by atoms with E-state index in [2.05, 4.69) is 15.5 Å². The predicted octanol–water partition coefficient (Wildman–Crippen LogP) is 4.69. The summed E-state index contributed by atoms with van der Waals surface area (Å²) in [5.41, 5.74) is 0.615. The molecule has 4 rings (SSSR count). The number of likely N-dealkylation sites (tertiary alicyclic amines) is 1. The lowest BCUT2D eigenvalue weighted by molar-refractivity contribution is -0.137. The first-order valence-electron chi connectivity index (χ1n) is 9.82. The second-order valence-corrected chi connectivity index (χ2v) is 8.88. The molecule has 0 radical (unpaired) electrons. The van der Waals surface area contributed by atoms with Crippen molar-refractivity contribution in [1.29, 1.82) is 0 Å². The lowest BCUT2D eigenvalue weighted by Gasteiger charge is -2.29. The van der Waals surface area contributed by atoms with Crippen LogP contribution in [-0.4, -0.2) is 33.5 Å². The minimum Gasteiger partial charge on any atom is -0.333 e. The van der Waals surface area contributed by atoms with Crippen molar-refractivity contribution in [2.24, 2.45) is 5.92 Å². The Labute approximate surface area is 173 Å². The molecule has 0 spiro atoms. The molecule has 1 aromatic heterocycles. The maximum atomic E-state index is 13.0. The van der Waals surface area contributed by atoms with Gasteiger partial charge in [-0.1, -0.05) is 48.3 Å². The van der Waals surface area contributed by atoms with E-state index in [1.165, 1.54) is 17.8 Å². The van der Waals surface area contributed by atoms with Gasteiger partial charge in [-0.25, -0.2) is 0 Å². The van der Waals surface area contributed by atoms with Crippen molar-refractivity contribution in [3.63, 3.8) is 0 Å². The van der Waals surface area contributed by atoms with E-state index >= 15 is 0 Å². The third kappa shape index (κ3) is 4.20. The number of carbonyl (C=O) groups is 2. The second-order valence-electron chi connectivity index (χ2n) is 7.43. The van der Waals surface area contributed by atoms with Gasteiger partial charge in [-0.15, -0.1) is 10.2 Å². The van der Waals surface area contributed by atoms with E-state index in [0.717, 1.165) is 50.1 Å². The van der Waals surface area contributed by atoms with Gasteiger partial charge < -0.3 is 10.2 Å². The molecule has 2 fully saturated rings. The molecule has 1 N–H and O–H groups in total. The van der Waals surface area contributed by atoms with Crippen LogP contribution in [0, 0.1) is 5.92 Å². The van der Waals surface area contributed by atoms with Gasteiger partial charge >= 0.3 is 0 Å². The van der Waals surface area contributed by atoms with Crippen LogP contribution >= 0.6 is 22.9 Å². The smallest absolute Gasteiger partial charge is 0.286 e. The quantitative estimate of drug-likeness (QED) is 0.781.